The normalized spacial score (nSPS) is 24.2. The van der Waals surface area contributed by atoms with Gasteiger partial charge < -0.3 is 10.6 Å². The third-order valence-electron chi connectivity index (χ3n) is 1.88. The van der Waals surface area contributed by atoms with Crippen molar-refractivity contribution in [2.45, 2.75) is 18.9 Å². The molecule has 1 fully saturated rings. The van der Waals surface area contributed by atoms with Crippen molar-refractivity contribution < 1.29 is 0 Å². The van der Waals surface area contributed by atoms with Crippen molar-refractivity contribution in [1.82, 2.24) is 10.6 Å². The predicted molar refractivity (Wildman–Crippen MR) is 41.3 cm³/mol. The lowest BCUT2D eigenvalue weighted by molar-refractivity contribution is 0.760. The molecule has 3 nitrogen and oxygen atoms in total. The summed E-state index contributed by atoms with van der Waals surface area (Å²) in [6, 6.07) is 0.796. The molecular formula is C7H13N3. The Morgan fingerprint density at radius 1 is 1.60 bits per heavy atom. The summed E-state index contributed by atoms with van der Waals surface area (Å²) in [4.78, 5) is 4.28. The molecular weight excluding hydrogens is 126 g/mol. The van der Waals surface area contributed by atoms with Crippen molar-refractivity contribution in [3.8, 4) is 0 Å². The van der Waals surface area contributed by atoms with Crippen LogP contribution in [0.15, 0.2) is 4.99 Å². The number of nitrogens with zero attached hydrogens (tertiary/aromatic N) is 1. The van der Waals surface area contributed by atoms with E-state index in [1.165, 1.54) is 12.8 Å². The Hall–Kier alpha value is -0.570. The topological polar surface area (TPSA) is 36.4 Å². The first-order valence-corrected chi connectivity index (χ1v) is 3.96. The van der Waals surface area contributed by atoms with Crippen LogP contribution >= 0.6 is 0 Å². The van der Waals surface area contributed by atoms with Gasteiger partial charge in [0.1, 0.15) is 5.84 Å². The maximum atomic E-state index is 4.28. The van der Waals surface area contributed by atoms with Crippen molar-refractivity contribution in [2.75, 3.05) is 19.6 Å². The van der Waals surface area contributed by atoms with Crippen LogP contribution in [0.2, 0.25) is 0 Å². The van der Waals surface area contributed by atoms with Crippen molar-refractivity contribution in [3.05, 3.63) is 0 Å². The van der Waals surface area contributed by atoms with Gasteiger partial charge in [-0.2, -0.15) is 0 Å². The standard InChI is InChI=1S/C7H13N3/c1-2-6(1)10-5-7-8-3-4-9-7/h6,10H,1-5H2,(H,8,9). The maximum Gasteiger partial charge on any atom is 0.110 e. The lowest BCUT2D eigenvalue weighted by Gasteiger charge is -2.01. The van der Waals surface area contributed by atoms with E-state index in [1.807, 2.05) is 0 Å². The Kier molecular flexibility index (Phi) is 1.59. The number of hydrogen-bond acceptors (Lipinski definition) is 3. The van der Waals surface area contributed by atoms with Crippen LogP contribution in [-0.4, -0.2) is 31.5 Å². The Labute approximate surface area is 60.9 Å². The maximum absolute atomic E-state index is 4.28. The highest BCUT2D eigenvalue weighted by Crippen LogP contribution is 2.17. The second kappa shape index (κ2) is 2.58. The number of hydrogen-bond donors (Lipinski definition) is 2. The van der Waals surface area contributed by atoms with Crippen LogP contribution in [0.5, 0.6) is 0 Å². The van der Waals surface area contributed by atoms with Gasteiger partial charge in [0.25, 0.3) is 0 Å². The number of aliphatic imine (C=N–C) groups is 1. The summed E-state index contributed by atoms with van der Waals surface area (Å²) in [7, 11) is 0. The van der Waals surface area contributed by atoms with Crippen molar-refractivity contribution in [1.29, 1.82) is 0 Å². The average molecular weight is 139 g/mol. The summed E-state index contributed by atoms with van der Waals surface area (Å²) in [5.41, 5.74) is 0. The molecule has 2 N–H and O–H groups in total. The summed E-state index contributed by atoms with van der Waals surface area (Å²) < 4.78 is 0. The van der Waals surface area contributed by atoms with Crippen molar-refractivity contribution >= 4 is 5.84 Å². The van der Waals surface area contributed by atoms with Crippen molar-refractivity contribution in [3.63, 3.8) is 0 Å². The van der Waals surface area contributed by atoms with Crippen LogP contribution in [0, 0.1) is 0 Å². The van der Waals surface area contributed by atoms with Crippen LogP contribution in [-0.2, 0) is 0 Å². The van der Waals surface area contributed by atoms with E-state index >= 15 is 0 Å². The van der Waals surface area contributed by atoms with E-state index in [4.69, 9.17) is 0 Å². The van der Waals surface area contributed by atoms with Crippen LogP contribution in [0.25, 0.3) is 0 Å². The van der Waals surface area contributed by atoms with E-state index in [2.05, 4.69) is 15.6 Å². The quantitative estimate of drug-likeness (QED) is 0.565. The fourth-order valence-electron chi connectivity index (χ4n) is 1.09. The van der Waals surface area contributed by atoms with Gasteiger partial charge in [-0.25, -0.2) is 0 Å². The molecule has 1 aliphatic carbocycles. The third-order valence-corrected chi connectivity index (χ3v) is 1.88. The fraction of sp³-hybridized carbons (Fsp3) is 0.857. The monoisotopic (exact) mass is 139 g/mol. The summed E-state index contributed by atoms with van der Waals surface area (Å²) in [5, 5.41) is 6.63. The molecule has 0 spiro atoms. The summed E-state index contributed by atoms with van der Waals surface area (Å²) in [6.07, 6.45) is 2.71. The molecule has 56 valence electrons. The first-order chi connectivity index (χ1) is 4.95. The SMILES string of the molecule is C1CNC(CNC2CC2)=N1. The highest BCUT2D eigenvalue weighted by molar-refractivity contribution is 5.85. The van der Waals surface area contributed by atoms with Gasteiger partial charge in [0.2, 0.25) is 0 Å². The smallest absolute Gasteiger partial charge is 0.110 e. The van der Waals surface area contributed by atoms with E-state index in [0.29, 0.717) is 0 Å². The fourth-order valence-corrected chi connectivity index (χ4v) is 1.09. The van der Waals surface area contributed by atoms with Gasteiger partial charge >= 0.3 is 0 Å². The Bertz CT molecular complexity index is 149. The molecule has 0 saturated heterocycles. The second-order valence-corrected chi connectivity index (χ2v) is 2.91. The molecule has 2 rings (SSSR count). The molecule has 0 atom stereocenters. The summed E-state index contributed by atoms with van der Waals surface area (Å²) >= 11 is 0. The Balaban J connectivity index is 1.68. The van der Waals surface area contributed by atoms with Crippen LogP contribution in [0.3, 0.4) is 0 Å². The molecule has 2 aliphatic rings. The summed E-state index contributed by atoms with van der Waals surface area (Å²) in [5.74, 6) is 1.15. The Morgan fingerprint density at radius 2 is 2.50 bits per heavy atom. The molecule has 0 aromatic heterocycles. The van der Waals surface area contributed by atoms with E-state index < -0.39 is 0 Å². The minimum absolute atomic E-state index is 0.796. The molecule has 0 radical (unpaired) electrons. The molecule has 0 bridgehead atoms. The highest BCUT2D eigenvalue weighted by Gasteiger charge is 2.20. The van der Waals surface area contributed by atoms with Gasteiger partial charge in [-0.3, -0.25) is 4.99 Å². The number of nitrogens with one attached hydrogen (secondary N) is 2. The minimum atomic E-state index is 0.796. The zero-order valence-corrected chi connectivity index (χ0v) is 6.06. The highest BCUT2D eigenvalue weighted by atomic mass is 15.1. The second-order valence-electron chi connectivity index (χ2n) is 2.91. The molecule has 10 heavy (non-hydrogen) atoms. The lowest BCUT2D eigenvalue weighted by atomic mass is 10.5. The van der Waals surface area contributed by atoms with Gasteiger partial charge in [-0.1, -0.05) is 0 Å². The largest absolute Gasteiger partial charge is 0.371 e. The number of rotatable bonds is 3. The molecule has 0 unspecified atom stereocenters. The molecule has 0 amide bonds. The predicted octanol–water partition coefficient (Wildman–Crippen LogP) is -0.260. The zero-order chi connectivity index (χ0) is 6.81. The van der Waals surface area contributed by atoms with Gasteiger partial charge in [-0.15, -0.1) is 0 Å². The van der Waals surface area contributed by atoms with Crippen LogP contribution < -0.4 is 10.6 Å². The average Bonchev–Trinajstić information content (AvgIpc) is 2.63. The van der Waals surface area contributed by atoms with E-state index in [-0.39, 0.29) is 0 Å². The van der Waals surface area contributed by atoms with Gasteiger partial charge in [0, 0.05) is 12.6 Å². The lowest BCUT2D eigenvalue weighted by Crippen LogP contribution is -2.32. The summed E-state index contributed by atoms with van der Waals surface area (Å²) in [6.45, 7) is 2.94. The first kappa shape index (κ1) is 6.16. The minimum Gasteiger partial charge on any atom is -0.371 e. The molecule has 3 heteroatoms. The molecule has 1 aliphatic heterocycles. The van der Waals surface area contributed by atoms with E-state index in [1.54, 1.807) is 0 Å². The van der Waals surface area contributed by atoms with Crippen LogP contribution in [0.1, 0.15) is 12.8 Å². The van der Waals surface area contributed by atoms with Gasteiger partial charge in [0.15, 0.2) is 0 Å². The van der Waals surface area contributed by atoms with Crippen LogP contribution in [0.4, 0.5) is 0 Å². The molecule has 0 aromatic rings. The molecule has 0 aromatic carbocycles. The zero-order valence-electron chi connectivity index (χ0n) is 6.06. The molecule has 1 saturated carbocycles. The van der Waals surface area contributed by atoms with Gasteiger partial charge in [-0.05, 0) is 12.8 Å². The van der Waals surface area contributed by atoms with E-state index in [9.17, 15) is 0 Å². The van der Waals surface area contributed by atoms with E-state index in [0.717, 1.165) is 31.5 Å². The number of amidine groups is 1. The van der Waals surface area contributed by atoms with Gasteiger partial charge in [0.05, 0.1) is 13.1 Å². The first-order valence-electron chi connectivity index (χ1n) is 3.96. The Morgan fingerprint density at radius 3 is 3.10 bits per heavy atom. The molecule has 1 heterocycles. The third kappa shape index (κ3) is 1.48. The van der Waals surface area contributed by atoms with Crippen molar-refractivity contribution in [2.24, 2.45) is 4.99 Å².